The fraction of sp³-hybridized carbons (Fsp3) is 0.444. The van der Waals surface area contributed by atoms with Crippen molar-refractivity contribution in [3.8, 4) is 0 Å². The van der Waals surface area contributed by atoms with Crippen LogP contribution in [0.3, 0.4) is 0 Å². The van der Waals surface area contributed by atoms with Gasteiger partial charge in [-0.05, 0) is 32.3 Å². The molecule has 0 aliphatic heterocycles. The summed E-state index contributed by atoms with van der Waals surface area (Å²) in [5.74, 6) is 0.414. The van der Waals surface area contributed by atoms with E-state index >= 15 is 0 Å². The van der Waals surface area contributed by atoms with Gasteiger partial charge in [-0.15, -0.1) is 10.2 Å². The highest BCUT2D eigenvalue weighted by molar-refractivity contribution is 8.01. The van der Waals surface area contributed by atoms with Crippen molar-refractivity contribution in [3.05, 3.63) is 35.4 Å². The number of hydrogen-bond acceptors (Lipinski definition) is 7. The predicted molar refractivity (Wildman–Crippen MR) is 107 cm³/mol. The molecule has 1 aromatic carbocycles. The van der Waals surface area contributed by atoms with E-state index in [4.69, 9.17) is 0 Å². The maximum atomic E-state index is 12.3. The van der Waals surface area contributed by atoms with E-state index in [1.165, 1.54) is 30.0 Å². The maximum Gasteiger partial charge on any atom is 0.216 e. The molecule has 1 aromatic heterocycles. The van der Waals surface area contributed by atoms with Crippen LogP contribution in [0, 0.1) is 0 Å². The second-order valence-electron chi connectivity index (χ2n) is 6.17. The lowest BCUT2D eigenvalue weighted by Crippen LogP contribution is -2.21. The van der Waals surface area contributed by atoms with Crippen LogP contribution in [-0.2, 0) is 11.2 Å². The maximum absolute atomic E-state index is 12.3. The average molecular weight is 393 g/mol. The lowest BCUT2D eigenvalue weighted by molar-refractivity contribution is -0.118. The number of thioether (sulfide) groups is 1. The molecule has 2 aromatic rings. The fourth-order valence-corrected chi connectivity index (χ4v) is 3.99. The van der Waals surface area contributed by atoms with Crippen LogP contribution >= 0.6 is 23.1 Å². The zero-order valence-corrected chi connectivity index (χ0v) is 16.9. The third-order valence-corrected chi connectivity index (χ3v) is 5.43. The molecule has 6 nitrogen and oxygen atoms in total. The third-order valence-electron chi connectivity index (χ3n) is 3.44. The minimum Gasteiger partial charge on any atom is -0.358 e. The van der Waals surface area contributed by atoms with Crippen LogP contribution in [0.1, 0.15) is 43.1 Å². The smallest absolute Gasteiger partial charge is 0.216 e. The average Bonchev–Trinajstić information content (AvgIpc) is 3.03. The molecule has 0 aliphatic rings. The molecule has 8 heteroatoms. The summed E-state index contributed by atoms with van der Waals surface area (Å²) in [4.78, 5) is 23.1. The highest BCUT2D eigenvalue weighted by Crippen LogP contribution is 2.26. The Morgan fingerprint density at radius 1 is 1.19 bits per heavy atom. The molecule has 2 N–H and O–H groups in total. The van der Waals surface area contributed by atoms with Gasteiger partial charge in [0.25, 0.3) is 0 Å². The second-order valence-corrected chi connectivity index (χ2v) is 8.37. The Kier molecular flexibility index (Phi) is 8.06. The number of ketones is 1. The van der Waals surface area contributed by atoms with E-state index in [9.17, 15) is 9.59 Å². The summed E-state index contributed by atoms with van der Waals surface area (Å²) < 4.78 is 0.788. The number of carbonyl (C=O) groups is 2. The van der Waals surface area contributed by atoms with Crippen LogP contribution in [0.15, 0.2) is 28.6 Å². The van der Waals surface area contributed by atoms with Gasteiger partial charge in [-0.3, -0.25) is 9.59 Å². The molecule has 0 saturated carbocycles. The van der Waals surface area contributed by atoms with E-state index in [2.05, 4.69) is 20.8 Å². The molecule has 140 valence electrons. The highest BCUT2D eigenvalue weighted by atomic mass is 32.2. The molecule has 0 radical (unpaired) electrons. The van der Waals surface area contributed by atoms with Crippen LogP contribution in [0.4, 0.5) is 5.13 Å². The van der Waals surface area contributed by atoms with Gasteiger partial charge >= 0.3 is 0 Å². The Morgan fingerprint density at radius 3 is 2.58 bits per heavy atom. The lowest BCUT2D eigenvalue weighted by atomic mass is 10.1. The van der Waals surface area contributed by atoms with Crippen molar-refractivity contribution < 1.29 is 9.59 Å². The van der Waals surface area contributed by atoms with Crippen LogP contribution in [-0.4, -0.2) is 40.2 Å². The van der Waals surface area contributed by atoms with Gasteiger partial charge in [0, 0.05) is 25.1 Å². The molecular formula is C18H24N4O2S2. The lowest BCUT2D eigenvalue weighted by Gasteiger charge is -2.04. The zero-order valence-electron chi connectivity index (χ0n) is 15.2. The van der Waals surface area contributed by atoms with Gasteiger partial charge in [0.15, 0.2) is 10.1 Å². The van der Waals surface area contributed by atoms with Crippen molar-refractivity contribution >= 4 is 39.9 Å². The van der Waals surface area contributed by atoms with Crippen molar-refractivity contribution in [1.29, 1.82) is 0 Å². The summed E-state index contributed by atoms with van der Waals surface area (Å²) in [5, 5.41) is 14.9. The number of aromatic nitrogens is 2. The van der Waals surface area contributed by atoms with Gasteiger partial charge in [0.2, 0.25) is 11.0 Å². The van der Waals surface area contributed by atoms with E-state index in [0.29, 0.717) is 23.9 Å². The topological polar surface area (TPSA) is 84.0 Å². The summed E-state index contributed by atoms with van der Waals surface area (Å²) in [6.07, 6.45) is 1.76. The summed E-state index contributed by atoms with van der Waals surface area (Å²) in [6.45, 7) is 6.27. The first-order chi connectivity index (χ1) is 12.4. The number of Topliss-reactive ketones (excluding diaryl/α,β-unsaturated/α-hetero) is 1. The Bertz CT molecular complexity index is 729. The van der Waals surface area contributed by atoms with Crippen LogP contribution < -0.4 is 10.6 Å². The van der Waals surface area contributed by atoms with Crippen LogP contribution in [0.2, 0.25) is 0 Å². The number of carbonyl (C=O) groups excluding carboxylic acids is 2. The first kappa shape index (κ1) is 20.4. The fourth-order valence-electron chi connectivity index (χ4n) is 2.20. The summed E-state index contributed by atoms with van der Waals surface area (Å²) in [5.41, 5.74) is 1.86. The summed E-state index contributed by atoms with van der Waals surface area (Å²) >= 11 is 2.87. The normalized spacial score (nSPS) is 10.8. The molecule has 0 atom stereocenters. The molecule has 0 fully saturated rings. The molecule has 0 bridgehead atoms. The number of benzene rings is 1. The first-order valence-corrected chi connectivity index (χ1v) is 10.3. The van der Waals surface area contributed by atoms with Crippen LogP contribution in [0.5, 0.6) is 0 Å². The van der Waals surface area contributed by atoms with E-state index in [0.717, 1.165) is 27.9 Å². The standard InChI is InChI=1S/C18H24N4O2S2/c1-12(2)20-17-21-22-18(26-17)25-11-16(24)15-8-6-14(7-9-15)5-4-10-19-13(3)23/h6-9,12H,4-5,10-11H2,1-3H3,(H,19,23)(H,20,21). The van der Waals surface area contributed by atoms with Gasteiger partial charge in [0.1, 0.15) is 0 Å². The molecule has 2 rings (SSSR count). The Hall–Kier alpha value is -1.93. The molecule has 0 aliphatic carbocycles. The quantitative estimate of drug-likeness (QED) is 0.366. The third kappa shape index (κ3) is 7.13. The molecule has 1 amide bonds. The van der Waals surface area contributed by atoms with E-state index in [1.54, 1.807) is 0 Å². The largest absolute Gasteiger partial charge is 0.358 e. The van der Waals surface area contributed by atoms with Crippen molar-refractivity contribution in [2.24, 2.45) is 0 Å². The number of anilines is 1. The molecule has 1 heterocycles. The van der Waals surface area contributed by atoms with Crippen molar-refractivity contribution in [3.63, 3.8) is 0 Å². The van der Waals surface area contributed by atoms with Gasteiger partial charge in [-0.25, -0.2) is 0 Å². The molecular weight excluding hydrogens is 368 g/mol. The van der Waals surface area contributed by atoms with Gasteiger partial charge in [0.05, 0.1) is 5.75 Å². The van der Waals surface area contributed by atoms with E-state index in [1.807, 2.05) is 38.1 Å². The Balaban J connectivity index is 1.78. The summed E-state index contributed by atoms with van der Waals surface area (Å²) in [7, 11) is 0. The van der Waals surface area contributed by atoms with Gasteiger partial charge < -0.3 is 10.6 Å². The number of aryl methyl sites for hydroxylation is 1. The molecule has 0 unspecified atom stereocenters. The van der Waals surface area contributed by atoms with Crippen molar-refractivity contribution in [2.75, 3.05) is 17.6 Å². The second kappa shape index (κ2) is 10.3. The van der Waals surface area contributed by atoms with Gasteiger partial charge in [-0.1, -0.05) is 47.4 Å². The van der Waals surface area contributed by atoms with Crippen molar-refractivity contribution in [1.82, 2.24) is 15.5 Å². The minimum atomic E-state index is -0.00835. The Labute approximate surface area is 162 Å². The zero-order chi connectivity index (χ0) is 18.9. The minimum absolute atomic E-state index is 0.00835. The summed E-state index contributed by atoms with van der Waals surface area (Å²) in [6, 6.07) is 7.98. The number of nitrogens with zero attached hydrogens (tertiary/aromatic N) is 2. The number of rotatable bonds is 10. The molecule has 26 heavy (non-hydrogen) atoms. The number of nitrogens with one attached hydrogen (secondary N) is 2. The molecule has 0 spiro atoms. The van der Waals surface area contributed by atoms with E-state index < -0.39 is 0 Å². The van der Waals surface area contributed by atoms with Gasteiger partial charge in [-0.2, -0.15) is 0 Å². The van der Waals surface area contributed by atoms with E-state index in [-0.39, 0.29) is 11.7 Å². The molecule has 0 saturated heterocycles. The van der Waals surface area contributed by atoms with Crippen molar-refractivity contribution in [2.45, 2.75) is 44.0 Å². The monoisotopic (exact) mass is 392 g/mol. The first-order valence-electron chi connectivity index (χ1n) is 8.53. The van der Waals surface area contributed by atoms with Crippen LogP contribution in [0.25, 0.3) is 0 Å². The Morgan fingerprint density at radius 2 is 1.92 bits per heavy atom. The predicted octanol–water partition coefficient (Wildman–Crippen LogP) is 3.40. The SMILES string of the molecule is CC(=O)NCCCc1ccc(C(=O)CSc2nnc(NC(C)C)s2)cc1. The number of amides is 1. The highest BCUT2D eigenvalue weighted by Gasteiger charge is 2.10. The number of hydrogen-bond donors (Lipinski definition) is 2.